The summed E-state index contributed by atoms with van der Waals surface area (Å²) >= 11 is 6.15. The summed E-state index contributed by atoms with van der Waals surface area (Å²) in [5.74, 6) is 0.724. The molecule has 0 heterocycles. The Balaban J connectivity index is 2.07. The molecule has 1 aromatic carbocycles. The van der Waals surface area contributed by atoms with Gasteiger partial charge in [0, 0.05) is 11.7 Å². The van der Waals surface area contributed by atoms with Gasteiger partial charge in [-0.3, -0.25) is 0 Å². The monoisotopic (exact) mass is 238 g/mol. The lowest BCUT2D eigenvalue weighted by Gasteiger charge is -2.30. The van der Waals surface area contributed by atoms with Gasteiger partial charge in [0.1, 0.15) is 0 Å². The van der Waals surface area contributed by atoms with Crippen LogP contribution in [0.4, 0.5) is 11.4 Å². The van der Waals surface area contributed by atoms with E-state index in [0.717, 1.165) is 16.6 Å². The lowest BCUT2D eigenvalue weighted by Crippen LogP contribution is -2.30. The fourth-order valence-electron chi connectivity index (χ4n) is 2.38. The molecule has 0 amide bonds. The van der Waals surface area contributed by atoms with E-state index in [2.05, 4.69) is 12.2 Å². The number of rotatable bonds is 2. The highest BCUT2D eigenvalue weighted by Gasteiger charge is 2.21. The minimum absolute atomic E-state index is 0.551. The Hall–Kier alpha value is -0.890. The third kappa shape index (κ3) is 2.62. The number of hydrogen-bond acceptors (Lipinski definition) is 2. The average Bonchev–Trinajstić information content (AvgIpc) is 2.25. The van der Waals surface area contributed by atoms with Gasteiger partial charge in [-0.1, -0.05) is 31.4 Å². The van der Waals surface area contributed by atoms with Gasteiger partial charge in [0.05, 0.1) is 10.7 Å². The highest BCUT2D eigenvalue weighted by molar-refractivity contribution is 6.33. The number of nitrogen functional groups attached to an aromatic ring is 1. The first kappa shape index (κ1) is 11.6. The Morgan fingerprint density at radius 2 is 2.06 bits per heavy atom. The molecular formula is C13H19ClN2. The lowest BCUT2D eigenvalue weighted by atomic mass is 9.86. The minimum Gasteiger partial charge on any atom is -0.399 e. The second kappa shape index (κ2) is 4.96. The van der Waals surface area contributed by atoms with Crippen LogP contribution in [0.5, 0.6) is 0 Å². The van der Waals surface area contributed by atoms with Gasteiger partial charge in [0.25, 0.3) is 0 Å². The van der Waals surface area contributed by atoms with E-state index in [1.807, 2.05) is 12.1 Å². The van der Waals surface area contributed by atoms with Crippen molar-refractivity contribution in [3.63, 3.8) is 0 Å². The maximum Gasteiger partial charge on any atom is 0.0658 e. The van der Waals surface area contributed by atoms with Crippen LogP contribution in [0.3, 0.4) is 0 Å². The van der Waals surface area contributed by atoms with E-state index in [9.17, 15) is 0 Å². The van der Waals surface area contributed by atoms with Crippen LogP contribution in [0.25, 0.3) is 0 Å². The molecule has 2 atom stereocenters. The summed E-state index contributed by atoms with van der Waals surface area (Å²) in [5.41, 5.74) is 7.40. The fraction of sp³-hybridized carbons (Fsp3) is 0.538. The first-order chi connectivity index (χ1) is 7.66. The first-order valence-electron chi connectivity index (χ1n) is 5.98. The van der Waals surface area contributed by atoms with Crippen LogP contribution in [-0.4, -0.2) is 6.04 Å². The zero-order valence-corrected chi connectivity index (χ0v) is 10.4. The van der Waals surface area contributed by atoms with E-state index >= 15 is 0 Å². The van der Waals surface area contributed by atoms with Gasteiger partial charge in [0.2, 0.25) is 0 Å². The highest BCUT2D eigenvalue weighted by Crippen LogP contribution is 2.30. The van der Waals surface area contributed by atoms with E-state index in [1.54, 1.807) is 6.07 Å². The molecule has 0 unspecified atom stereocenters. The van der Waals surface area contributed by atoms with Crippen LogP contribution in [0.2, 0.25) is 5.02 Å². The number of hydrogen-bond donors (Lipinski definition) is 2. The normalized spacial score (nSPS) is 25.4. The van der Waals surface area contributed by atoms with E-state index < -0.39 is 0 Å². The number of nitrogens with two attached hydrogens (primary N) is 1. The summed E-state index contributed by atoms with van der Waals surface area (Å²) in [6.07, 6.45) is 5.22. The summed E-state index contributed by atoms with van der Waals surface area (Å²) in [6, 6.07) is 6.22. The van der Waals surface area contributed by atoms with E-state index in [-0.39, 0.29) is 0 Å². The van der Waals surface area contributed by atoms with Crippen LogP contribution < -0.4 is 11.1 Å². The SMILES string of the molecule is C[C@H]1CCCC[C@@H]1Nc1ccc(N)cc1Cl. The predicted molar refractivity (Wildman–Crippen MR) is 70.9 cm³/mol. The van der Waals surface area contributed by atoms with Crippen molar-refractivity contribution in [1.29, 1.82) is 0 Å². The lowest BCUT2D eigenvalue weighted by molar-refractivity contribution is 0.349. The van der Waals surface area contributed by atoms with Gasteiger partial charge in [0.15, 0.2) is 0 Å². The van der Waals surface area contributed by atoms with Gasteiger partial charge in [-0.2, -0.15) is 0 Å². The highest BCUT2D eigenvalue weighted by atomic mass is 35.5. The average molecular weight is 239 g/mol. The van der Waals surface area contributed by atoms with Crippen LogP contribution in [-0.2, 0) is 0 Å². The molecular weight excluding hydrogens is 220 g/mol. The predicted octanol–water partition coefficient (Wildman–Crippen LogP) is 3.91. The molecule has 88 valence electrons. The number of nitrogens with one attached hydrogen (secondary N) is 1. The summed E-state index contributed by atoms with van der Waals surface area (Å²) in [5, 5.41) is 4.26. The van der Waals surface area contributed by atoms with Gasteiger partial charge in [-0.15, -0.1) is 0 Å². The van der Waals surface area contributed by atoms with Crippen molar-refractivity contribution in [2.24, 2.45) is 5.92 Å². The van der Waals surface area contributed by atoms with Gasteiger partial charge in [-0.05, 0) is 37.0 Å². The Bertz CT molecular complexity index is 365. The zero-order chi connectivity index (χ0) is 11.5. The Morgan fingerprint density at radius 3 is 2.75 bits per heavy atom. The fourth-order valence-corrected chi connectivity index (χ4v) is 2.62. The molecule has 0 aliphatic heterocycles. The molecule has 2 nitrogen and oxygen atoms in total. The van der Waals surface area contributed by atoms with Gasteiger partial charge in [-0.25, -0.2) is 0 Å². The van der Waals surface area contributed by atoms with Crippen molar-refractivity contribution in [1.82, 2.24) is 0 Å². The number of benzene rings is 1. The third-order valence-electron chi connectivity index (χ3n) is 3.45. The van der Waals surface area contributed by atoms with Crippen LogP contribution in [0.1, 0.15) is 32.6 Å². The summed E-state index contributed by atoms with van der Waals surface area (Å²) in [4.78, 5) is 0. The van der Waals surface area contributed by atoms with Crippen molar-refractivity contribution in [3.05, 3.63) is 23.2 Å². The van der Waals surface area contributed by atoms with Crippen LogP contribution >= 0.6 is 11.6 Å². The maximum absolute atomic E-state index is 6.15. The molecule has 0 radical (unpaired) electrons. The molecule has 0 aromatic heterocycles. The van der Waals surface area contributed by atoms with Crippen molar-refractivity contribution in [3.8, 4) is 0 Å². The second-order valence-corrected chi connectivity index (χ2v) is 5.16. The molecule has 1 fully saturated rings. The quantitative estimate of drug-likeness (QED) is 0.767. The van der Waals surface area contributed by atoms with Crippen molar-refractivity contribution in [2.75, 3.05) is 11.1 Å². The maximum atomic E-state index is 6.15. The largest absolute Gasteiger partial charge is 0.399 e. The summed E-state index contributed by atoms with van der Waals surface area (Å²) < 4.78 is 0. The van der Waals surface area contributed by atoms with Crippen molar-refractivity contribution >= 4 is 23.0 Å². The molecule has 3 N–H and O–H groups in total. The minimum atomic E-state index is 0.551. The molecule has 1 aliphatic rings. The third-order valence-corrected chi connectivity index (χ3v) is 3.76. The van der Waals surface area contributed by atoms with Crippen molar-refractivity contribution in [2.45, 2.75) is 38.6 Å². The van der Waals surface area contributed by atoms with Crippen LogP contribution in [0, 0.1) is 5.92 Å². The number of halogens is 1. The Morgan fingerprint density at radius 1 is 1.31 bits per heavy atom. The van der Waals surface area contributed by atoms with E-state index in [1.165, 1.54) is 25.7 Å². The summed E-state index contributed by atoms with van der Waals surface area (Å²) in [7, 11) is 0. The standard InChI is InChI=1S/C13H19ClN2/c1-9-4-2-3-5-12(9)16-13-7-6-10(15)8-11(13)14/h6-9,12,16H,2-5,15H2,1H3/t9-,12-/m0/s1. The topological polar surface area (TPSA) is 38.0 Å². The summed E-state index contributed by atoms with van der Waals surface area (Å²) in [6.45, 7) is 2.31. The van der Waals surface area contributed by atoms with E-state index in [4.69, 9.17) is 17.3 Å². The Labute approximate surface area is 102 Å². The molecule has 16 heavy (non-hydrogen) atoms. The second-order valence-electron chi connectivity index (χ2n) is 4.75. The first-order valence-corrected chi connectivity index (χ1v) is 6.36. The molecule has 1 saturated carbocycles. The van der Waals surface area contributed by atoms with Gasteiger partial charge >= 0.3 is 0 Å². The molecule has 1 aliphatic carbocycles. The molecule has 3 heteroatoms. The number of anilines is 2. The molecule has 2 rings (SSSR count). The molecule has 0 bridgehead atoms. The molecule has 0 spiro atoms. The van der Waals surface area contributed by atoms with Gasteiger partial charge < -0.3 is 11.1 Å². The van der Waals surface area contributed by atoms with Crippen molar-refractivity contribution < 1.29 is 0 Å². The molecule has 0 saturated heterocycles. The zero-order valence-electron chi connectivity index (χ0n) is 9.67. The van der Waals surface area contributed by atoms with E-state index in [0.29, 0.717) is 11.7 Å². The van der Waals surface area contributed by atoms with Crippen LogP contribution in [0.15, 0.2) is 18.2 Å². The smallest absolute Gasteiger partial charge is 0.0658 e. The Kier molecular flexibility index (Phi) is 3.59. The molecule has 1 aromatic rings.